The summed E-state index contributed by atoms with van der Waals surface area (Å²) in [6.45, 7) is 5.37. The minimum absolute atomic E-state index is 0.0416. The van der Waals surface area contributed by atoms with Crippen LogP contribution in [-0.4, -0.2) is 16.1 Å². The number of esters is 1. The standard InChI is InChI=1S/C13H15NO3S/c1-13(2,3)17-11(15)8-14-9-6-4-5-7-10(9)18-12(14)16/h4-7H,8H2,1-3H3. The molecule has 0 aliphatic carbocycles. The van der Waals surface area contributed by atoms with Gasteiger partial charge in [0.15, 0.2) is 0 Å². The number of nitrogens with zero attached hydrogens (tertiary/aromatic N) is 1. The van der Waals surface area contributed by atoms with E-state index >= 15 is 0 Å². The number of ether oxygens (including phenoxy) is 1. The van der Waals surface area contributed by atoms with E-state index in [0.717, 1.165) is 21.6 Å². The highest BCUT2D eigenvalue weighted by atomic mass is 32.1. The van der Waals surface area contributed by atoms with Crippen molar-refractivity contribution < 1.29 is 9.53 Å². The van der Waals surface area contributed by atoms with Gasteiger partial charge in [-0.3, -0.25) is 14.2 Å². The number of aromatic nitrogens is 1. The minimum Gasteiger partial charge on any atom is -0.459 e. The number of hydrogen-bond donors (Lipinski definition) is 0. The van der Waals surface area contributed by atoms with Gasteiger partial charge >= 0.3 is 10.8 Å². The molecule has 0 unspecified atom stereocenters. The lowest BCUT2D eigenvalue weighted by molar-refractivity contribution is -0.155. The molecule has 0 fully saturated rings. The third-order valence-electron chi connectivity index (χ3n) is 2.28. The number of benzene rings is 1. The molecule has 0 aliphatic rings. The number of hydrogen-bond acceptors (Lipinski definition) is 4. The van der Waals surface area contributed by atoms with Crippen LogP contribution >= 0.6 is 11.3 Å². The summed E-state index contributed by atoms with van der Waals surface area (Å²) >= 11 is 1.14. The molecule has 5 heteroatoms. The second-order valence-electron chi connectivity index (χ2n) is 5.01. The molecule has 0 radical (unpaired) electrons. The van der Waals surface area contributed by atoms with Crippen molar-refractivity contribution in [3.8, 4) is 0 Å². The highest BCUT2D eigenvalue weighted by Gasteiger charge is 2.18. The van der Waals surface area contributed by atoms with E-state index < -0.39 is 11.6 Å². The van der Waals surface area contributed by atoms with Crippen molar-refractivity contribution >= 4 is 27.5 Å². The van der Waals surface area contributed by atoms with E-state index in [1.54, 1.807) is 20.8 Å². The molecule has 1 aromatic carbocycles. The van der Waals surface area contributed by atoms with E-state index in [4.69, 9.17) is 4.74 Å². The van der Waals surface area contributed by atoms with Crippen LogP contribution in [0.15, 0.2) is 29.1 Å². The number of thiazole rings is 1. The Balaban J connectivity index is 2.30. The maximum absolute atomic E-state index is 11.8. The van der Waals surface area contributed by atoms with Crippen molar-refractivity contribution in [3.63, 3.8) is 0 Å². The van der Waals surface area contributed by atoms with E-state index in [1.807, 2.05) is 24.3 Å². The molecule has 1 aromatic heterocycles. The Kier molecular flexibility index (Phi) is 3.26. The molecule has 0 bridgehead atoms. The van der Waals surface area contributed by atoms with E-state index in [1.165, 1.54) is 4.57 Å². The molecule has 0 amide bonds. The van der Waals surface area contributed by atoms with Gasteiger partial charge in [-0.25, -0.2) is 0 Å². The number of carbonyl (C=O) groups excluding carboxylic acids is 1. The molecular weight excluding hydrogens is 250 g/mol. The monoisotopic (exact) mass is 265 g/mol. The SMILES string of the molecule is CC(C)(C)OC(=O)Cn1c(=O)sc2ccccc21. The summed E-state index contributed by atoms with van der Waals surface area (Å²) in [5, 5.41) is 0. The maximum atomic E-state index is 11.8. The molecule has 0 atom stereocenters. The van der Waals surface area contributed by atoms with Crippen LogP contribution in [0.4, 0.5) is 0 Å². The maximum Gasteiger partial charge on any atom is 0.326 e. The van der Waals surface area contributed by atoms with Gasteiger partial charge in [-0.15, -0.1) is 0 Å². The average molecular weight is 265 g/mol. The predicted molar refractivity (Wildman–Crippen MR) is 71.9 cm³/mol. The average Bonchev–Trinajstić information content (AvgIpc) is 2.53. The van der Waals surface area contributed by atoms with Gasteiger partial charge in [0.05, 0.1) is 10.2 Å². The smallest absolute Gasteiger partial charge is 0.326 e. The lowest BCUT2D eigenvalue weighted by Crippen LogP contribution is -2.28. The van der Waals surface area contributed by atoms with Gasteiger partial charge in [0.1, 0.15) is 12.1 Å². The normalized spacial score (nSPS) is 11.7. The summed E-state index contributed by atoms with van der Waals surface area (Å²) < 4.78 is 7.55. The molecule has 0 saturated heterocycles. The summed E-state index contributed by atoms with van der Waals surface area (Å²) in [4.78, 5) is 23.4. The number of rotatable bonds is 2. The van der Waals surface area contributed by atoms with Gasteiger partial charge in [0.25, 0.3) is 0 Å². The topological polar surface area (TPSA) is 48.3 Å². The molecule has 1 heterocycles. The van der Waals surface area contributed by atoms with E-state index in [-0.39, 0.29) is 11.4 Å². The highest BCUT2D eigenvalue weighted by molar-refractivity contribution is 7.16. The third kappa shape index (κ3) is 2.79. The Morgan fingerprint density at radius 2 is 2.00 bits per heavy atom. The van der Waals surface area contributed by atoms with Gasteiger partial charge in [-0.05, 0) is 32.9 Å². The van der Waals surface area contributed by atoms with E-state index in [2.05, 4.69) is 0 Å². The zero-order valence-electron chi connectivity index (χ0n) is 10.6. The van der Waals surface area contributed by atoms with Crippen molar-refractivity contribution in [3.05, 3.63) is 33.9 Å². The molecule has 18 heavy (non-hydrogen) atoms. The Morgan fingerprint density at radius 1 is 1.33 bits per heavy atom. The summed E-state index contributed by atoms with van der Waals surface area (Å²) in [6, 6.07) is 7.42. The fourth-order valence-corrected chi connectivity index (χ4v) is 2.56. The fraction of sp³-hybridized carbons (Fsp3) is 0.385. The lowest BCUT2D eigenvalue weighted by Gasteiger charge is -2.19. The molecule has 4 nitrogen and oxygen atoms in total. The van der Waals surface area contributed by atoms with Crippen LogP contribution in [-0.2, 0) is 16.1 Å². The zero-order valence-corrected chi connectivity index (χ0v) is 11.4. The Labute approximate surface area is 109 Å². The van der Waals surface area contributed by atoms with Crippen molar-refractivity contribution in [2.24, 2.45) is 0 Å². The Hall–Kier alpha value is -1.62. The number of para-hydroxylation sites is 1. The van der Waals surface area contributed by atoms with Crippen molar-refractivity contribution in [2.45, 2.75) is 32.9 Å². The van der Waals surface area contributed by atoms with E-state index in [0.29, 0.717) is 0 Å². The van der Waals surface area contributed by atoms with Crippen LogP contribution in [0.25, 0.3) is 10.2 Å². The first-order chi connectivity index (χ1) is 8.37. The van der Waals surface area contributed by atoms with Gasteiger partial charge < -0.3 is 4.74 Å². The van der Waals surface area contributed by atoms with Crippen LogP contribution in [0.1, 0.15) is 20.8 Å². The van der Waals surface area contributed by atoms with Crippen LogP contribution in [0.3, 0.4) is 0 Å². The van der Waals surface area contributed by atoms with Crippen LogP contribution in [0, 0.1) is 0 Å². The summed E-state index contributed by atoms with van der Waals surface area (Å²) in [7, 11) is 0. The zero-order chi connectivity index (χ0) is 13.3. The first kappa shape index (κ1) is 12.8. The molecule has 0 spiro atoms. The largest absolute Gasteiger partial charge is 0.459 e. The van der Waals surface area contributed by atoms with Crippen molar-refractivity contribution in [1.82, 2.24) is 4.57 Å². The molecule has 2 rings (SSSR count). The second-order valence-corrected chi connectivity index (χ2v) is 6.00. The quantitative estimate of drug-likeness (QED) is 0.783. The van der Waals surface area contributed by atoms with Crippen molar-refractivity contribution in [1.29, 1.82) is 0 Å². The molecular formula is C13H15NO3S. The summed E-state index contributed by atoms with van der Waals surface area (Å²) in [5.41, 5.74) is 0.241. The highest BCUT2D eigenvalue weighted by Crippen LogP contribution is 2.17. The second kappa shape index (κ2) is 4.57. The fourth-order valence-electron chi connectivity index (χ4n) is 1.67. The summed E-state index contributed by atoms with van der Waals surface area (Å²) in [6.07, 6.45) is 0. The Bertz CT molecular complexity index is 633. The van der Waals surface area contributed by atoms with Crippen LogP contribution in [0.5, 0.6) is 0 Å². The van der Waals surface area contributed by atoms with Crippen molar-refractivity contribution in [2.75, 3.05) is 0 Å². The predicted octanol–water partition coefficient (Wildman–Crippen LogP) is 2.40. The first-order valence-electron chi connectivity index (χ1n) is 5.67. The van der Waals surface area contributed by atoms with Gasteiger partial charge in [-0.1, -0.05) is 23.5 Å². The Morgan fingerprint density at radius 3 is 2.67 bits per heavy atom. The number of fused-ring (bicyclic) bond motifs is 1. The van der Waals surface area contributed by atoms with E-state index in [9.17, 15) is 9.59 Å². The molecule has 0 saturated carbocycles. The van der Waals surface area contributed by atoms with Gasteiger partial charge in [-0.2, -0.15) is 0 Å². The molecule has 0 aliphatic heterocycles. The van der Waals surface area contributed by atoms with Gasteiger partial charge in [0.2, 0.25) is 0 Å². The van der Waals surface area contributed by atoms with Crippen LogP contribution < -0.4 is 4.87 Å². The lowest BCUT2D eigenvalue weighted by atomic mass is 10.2. The third-order valence-corrected chi connectivity index (χ3v) is 3.24. The van der Waals surface area contributed by atoms with Crippen LogP contribution in [0.2, 0.25) is 0 Å². The molecule has 2 aromatic rings. The minimum atomic E-state index is -0.535. The molecule has 96 valence electrons. The van der Waals surface area contributed by atoms with Gasteiger partial charge in [0, 0.05) is 0 Å². The first-order valence-corrected chi connectivity index (χ1v) is 6.49. The number of carbonyl (C=O) groups is 1. The summed E-state index contributed by atoms with van der Waals surface area (Å²) in [5.74, 6) is -0.395. The molecule has 0 N–H and O–H groups in total.